The zero-order chi connectivity index (χ0) is 18.3. The standard InChI is InChI=1S/C14H12Cl3N3O2.C2H6/c1-8-2-3-9(6-10(8)15)20(4-5-21)14(22)11-12(16)18-7-19-13(11)17;1-2/h2-3,6-7,21H,4-5H2,1H3;1-2H3. The third-order valence-electron chi connectivity index (χ3n) is 3.00. The van der Waals surface area contributed by atoms with Gasteiger partial charge in [0, 0.05) is 17.3 Å². The molecular weight excluding hydrogens is 373 g/mol. The molecule has 0 saturated heterocycles. The maximum Gasteiger partial charge on any atom is 0.264 e. The van der Waals surface area contributed by atoms with Gasteiger partial charge in [-0.15, -0.1) is 0 Å². The number of benzene rings is 1. The van der Waals surface area contributed by atoms with Gasteiger partial charge in [-0.05, 0) is 24.6 Å². The van der Waals surface area contributed by atoms with Crippen molar-refractivity contribution in [1.82, 2.24) is 9.97 Å². The van der Waals surface area contributed by atoms with Gasteiger partial charge in [0.15, 0.2) is 0 Å². The Kier molecular flexibility index (Phi) is 8.42. The van der Waals surface area contributed by atoms with E-state index >= 15 is 0 Å². The largest absolute Gasteiger partial charge is 0.395 e. The predicted molar refractivity (Wildman–Crippen MR) is 98.4 cm³/mol. The number of hydrogen-bond donors (Lipinski definition) is 1. The second-order valence-electron chi connectivity index (χ2n) is 4.44. The summed E-state index contributed by atoms with van der Waals surface area (Å²) in [5.41, 5.74) is 1.38. The van der Waals surface area contributed by atoms with Gasteiger partial charge < -0.3 is 10.0 Å². The van der Waals surface area contributed by atoms with Crippen LogP contribution >= 0.6 is 34.8 Å². The van der Waals surface area contributed by atoms with Crippen LogP contribution in [-0.4, -0.2) is 34.1 Å². The van der Waals surface area contributed by atoms with Crippen molar-refractivity contribution >= 4 is 46.4 Å². The van der Waals surface area contributed by atoms with E-state index in [0.29, 0.717) is 10.7 Å². The molecule has 5 nitrogen and oxygen atoms in total. The summed E-state index contributed by atoms with van der Waals surface area (Å²) in [5.74, 6) is -0.510. The molecule has 0 aliphatic heterocycles. The maximum atomic E-state index is 12.7. The fraction of sp³-hybridized carbons (Fsp3) is 0.312. The molecule has 0 unspecified atom stereocenters. The van der Waals surface area contributed by atoms with Crippen LogP contribution in [0.2, 0.25) is 15.3 Å². The smallest absolute Gasteiger partial charge is 0.264 e. The van der Waals surface area contributed by atoms with Crippen molar-refractivity contribution in [2.75, 3.05) is 18.1 Å². The van der Waals surface area contributed by atoms with Crippen LogP contribution < -0.4 is 4.90 Å². The van der Waals surface area contributed by atoms with Crippen LogP contribution in [0.25, 0.3) is 0 Å². The van der Waals surface area contributed by atoms with Gasteiger partial charge in [0.05, 0.1) is 6.61 Å². The van der Waals surface area contributed by atoms with Gasteiger partial charge in [0.25, 0.3) is 5.91 Å². The second-order valence-corrected chi connectivity index (χ2v) is 5.57. The molecule has 8 heteroatoms. The van der Waals surface area contributed by atoms with E-state index in [4.69, 9.17) is 34.8 Å². The van der Waals surface area contributed by atoms with Crippen molar-refractivity contribution in [2.45, 2.75) is 20.8 Å². The number of carbonyl (C=O) groups is 1. The highest BCUT2D eigenvalue weighted by atomic mass is 35.5. The summed E-state index contributed by atoms with van der Waals surface area (Å²) < 4.78 is 0. The number of carbonyl (C=O) groups excluding carboxylic acids is 1. The lowest BCUT2D eigenvalue weighted by molar-refractivity contribution is 0.0980. The Hall–Kier alpha value is -1.40. The quantitative estimate of drug-likeness (QED) is 0.785. The molecule has 0 fully saturated rings. The van der Waals surface area contributed by atoms with E-state index in [9.17, 15) is 9.90 Å². The molecule has 1 N–H and O–H groups in total. The van der Waals surface area contributed by atoms with Crippen LogP contribution in [0.15, 0.2) is 24.5 Å². The van der Waals surface area contributed by atoms with Crippen LogP contribution in [0, 0.1) is 6.92 Å². The summed E-state index contributed by atoms with van der Waals surface area (Å²) in [7, 11) is 0. The van der Waals surface area contributed by atoms with Crippen molar-refractivity contribution in [1.29, 1.82) is 0 Å². The molecule has 2 aromatic rings. The monoisotopic (exact) mass is 389 g/mol. The molecule has 1 heterocycles. The van der Waals surface area contributed by atoms with Gasteiger partial charge >= 0.3 is 0 Å². The molecule has 1 aromatic heterocycles. The minimum absolute atomic E-state index is 0.0176. The van der Waals surface area contributed by atoms with Crippen LogP contribution in [0.3, 0.4) is 0 Å². The first-order valence-corrected chi connectivity index (χ1v) is 8.44. The molecule has 0 atom stereocenters. The number of aliphatic hydroxyl groups excluding tert-OH is 1. The SMILES string of the molecule is CC.Cc1ccc(N(CCO)C(=O)c2c(Cl)ncnc2Cl)cc1Cl. The number of anilines is 1. The van der Waals surface area contributed by atoms with Gasteiger partial charge in [-0.3, -0.25) is 4.79 Å². The molecule has 2 rings (SSSR count). The number of aromatic nitrogens is 2. The third-order valence-corrected chi connectivity index (χ3v) is 3.98. The van der Waals surface area contributed by atoms with Gasteiger partial charge in [-0.2, -0.15) is 0 Å². The number of halogens is 3. The zero-order valence-electron chi connectivity index (χ0n) is 13.6. The van der Waals surface area contributed by atoms with Crippen LogP contribution in [0.5, 0.6) is 0 Å². The van der Waals surface area contributed by atoms with Crippen molar-refractivity contribution in [3.8, 4) is 0 Å². The average molecular weight is 391 g/mol. The Morgan fingerprint density at radius 2 is 1.75 bits per heavy atom. The lowest BCUT2D eigenvalue weighted by Gasteiger charge is -2.23. The molecular formula is C16H18Cl3N3O2. The Labute approximate surface area is 156 Å². The minimum atomic E-state index is -0.510. The second kappa shape index (κ2) is 9.79. The van der Waals surface area contributed by atoms with Crippen LogP contribution in [0.1, 0.15) is 29.8 Å². The molecule has 0 saturated carbocycles. The van der Waals surface area contributed by atoms with Gasteiger partial charge in [0.1, 0.15) is 22.2 Å². The molecule has 0 spiro atoms. The first-order valence-electron chi connectivity index (χ1n) is 7.30. The highest BCUT2D eigenvalue weighted by molar-refractivity contribution is 6.39. The molecule has 130 valence electrons. The lowest BCUT2D eigenvalue weighted by Crippen LogP contribution is -2.34. The Morgan fingerprint density at radius 3 is 2.25 bits per heavy atom. The summed E-state index contributed by atoms with van der Waals surface area (Å²) in [6.45, 7) is 5.67. The van der Waals surface area contributed by atoms with E-state index in [1.54, 1.807) is 18.2 Å². The van der Waals surface area contributed by atoms with Gasteiger partial charge in [-0.25, -0.2) is 9.97 Å². The summed E-state index contributed by atoms with van der Waals surface area (Å²) in [5, 5.41) is 9.64. The van der Waals surface area contributed by atoms with Gasteiger partial charge in [-0.1, -0.05) is 54.7 Å². The summed E-state index contributed by atoms with van der Waals surface area (Å²) in [6.07, 6.45) is 1.17. The summed E-state index contributed by atoms with van der Waals surface area (Å²) >= 11 is 18.0. The number of aryl methyl sites for hydroxylation is 1. The van der Waals surface area contributed by atoms with Crippen LogP contribution in [0.4, 0.5) is 5.69 Å². The number of amides is 1. The number of aliphatic hydroxyl groups is 1. The number of hydrogen-bond acceptors (Lipinski definition) is 4. The predicted octanol–water partition coefficient (Wildman–Crippen LogP) is 4.41. The summed E-state index contributed by atoms with van der Waals surface area (Å²) in [6, 6.07) is 5.14. The average Bonchev–Trinajstić information content (AvgIpc) is 2.57. The normalized spacial score (nSPS) is 9.96. The van der Waals surface area contributed by atoms with E-state index in [2.05, 4.69) is 9.97 Å². The molecule has 1 amide bonds. The Bertz CT molecular complexity index is 691. The fourth-order valence-corrected chi connectivity index (χ4v) is 2.50. The van der Waals surface area contributed by atoms with E-state index in [1.165, 1.54) is 11.2 Å². The molecule has 0 aliphatic rings. The highest BCUT2D eigenvalue weighted by Crippen LogP contribution is 2.27. The number of nitrogens with zero attached hydrogens (tertiary/aromatic N) is 3. The first kappa shape index (κ1) is 20.6. The molecule has 0 radical (unpaired) electrons. The molecule has 0 aliphatic carbocycles. The Balaban J connectivity index is 0.00000139. The zero-order valence-corrected chi connectivity index (χ0v) is 15.8. The third kappa shape index (κ3) is 4.80. The molecule has 1 aromatic carbocycles. The van der Waals surface area contributed by atoms with E-state index in [1.807, 2.05) is 20.8 Å². The number of rotatable bonds is 4. The highest BCUT2D eigenvalue weighted by Gasteiger charge is 2.24. The van der Waals surface area contributed by atoms with Crippen LogP contribution in [-0.2, 0) is 0 Å². The van der Waals surface area contributed by atoms with Crippen molar-refractivity contribution < 1.29 is 9.90 Å². The Morgan fingerprint density at radius 1 is 1.17 bits per heavy atom. The molecule has 0 bridgehead atoms. The van der Waals surface area contributed by atoms with Crippen molar-refractivity contribution in [3.63, 3.8) is 0 Å². The van der Waals surface area contributed by atoms with Gasteiger partial charge in [0.2, 0.25) is 0 Å². The van der Waals surface area contributed by atoms with E-state index in [-0.39, 0.29) is 29.0 Å². The topological polar surface area (TPSA) is 66.3 Å². The van der Waals surface area contributed by atoms with E-state index in [0.717, 1.165) is 5.56 Å². The maximum absolute atomic E-state index is 12.7. The molecule has 24 heavy (non-hydrogen) atoms. The minimum Gasteiger partial charge on any atom is -0.395 e. The lowest BCUT2D eigenvalue weighted by atomic mass is 10.2. The summed E-state index contributed by atoms with van der Waals surface area (Å²) in [4.78, 5) is 21.5. The first-order chi connectivity index (χ1) is 11.5. The van der Waals surface area contributed by atoms with Crippen molar-refractivity contribution in [3.05, 3.63) is 51.0 Å². The van der Waals surface area contributed by atoms with Crippen molar-refractivity contribution in [2.24, 2.45) is 0 Å². The fourth-order valence-electron chi connectivity index (χ4n) is 1.85. The van der Waals surface area contributed by atoms with E-state index < -0.39 is 5.91 Å².